The van der Waals surface area contributed by atoms with Crippen molar-refractivity contribution in [1.29, 1.82) is 0 Å². The number of aliphatic hydroxyl groups is 1. The van der Waals surface area contributed by atoms with Gasteiger partial charge in [0.2, 0.25) is 5.91 Å². The molecule has 0 saturated carbocycles. The lowest BCUT2D eigenvalue weighted by atomic mass is 10.1. The zero-order chi connectivity index (χ0) is 15.8. The molecule has 0 heterocycles. The number of ether oxygens (including phenoxy) is 1. The first-order valence-electron chi connectivity index (χ1n) is 7.37. The second kappa shape index (κ2) is 8.52. The molecule has 0 aliphatic heterocycles. The number of amides is 1. The average molecular weight is 294 g/mol. The minimum Gasteiger partial charge on any atom is -0.496 e. The van der Waals surface area contributed by atoms with Crippen LogP contribution in [0.1, 0.15) is 32.8 Å². The predicted octanol–water partition coefficient (Wildman–Crippen LogP) is 2.25. The molecule has 0 aromatic heterocycles. The van der Waals surface area contributed by atoms with Gasteiger partial charge in [0.05, 0.1) is 13.7 Å². The Morgan fingerprint density at radius 3 is 2.57 bits per heavy atom. The van der Waals surface area contributed by atoms with Crippen LogP contribution in [-0.4, -0.2) is 42.2 Å². The van der Waals surface area contributed by atoms with E-state index in [2.05, 4.69) is 5.32 Å². The number of carbonyl (C=O) groups is 1. The molecule has 1 aromatic rings. The molecule has 0 radical (unpaired) electrons. The number of rotatable bonds is 8. The average Bonchev–Trinajstić information content (AvgIpc) is 2.48. The summed E-state index contributed by atoms with van der Waals surface area (Å²) in [6, 6.07) is 5.57. The van der Waals surface area contributed by atoms with Crippen LogP contribution in [0.5, 0.6) is 5.75 Å². The van der Waals surface area contributed by atoms with Gasteiger partial charge in [-0.2, -0.15) is 0 Å². The molecule has 0 fully saturated rings. The molecular weight excluding hydrogens is 268 g/mol. The van der Waals surface area contributed by atoms with E-state index in [0.717, 1.165) is 24.3 Å². The van der Waals surface area contributed by atoms with Gasteiger partial charge in [0.1, 0.15) is 5.75 Å². The molecule has 21 heavy (non-hydrogen) atoms. The number of nitrogens with one attached hydrogen (secondary N) is 1. The Balaban J connectivity index is 2.66. The van der Waals surface area contributed by atoms with E-state index >= 15 is 0 Å². The van der Waals surface area contributed by atoms with Crippen LogP contribution in [0, 0.1) is 0 Å². The molecule has 1 rings (SSSR count). The van der Waals surface area contributed by atoms with Crippen molar-refractivity contribution in [2.75, 3.05) is 25.5 Å². The second-order valence-electron chi connectivity index (χ2n) is 5.00. The maximum atomic E-state index is 12.1. The van der Waals surface area contributed by atoms with Crippen molar-refractivity contribution in [3.05, 3.63) is 23.8 Å². The van der Waals surface area contributed by atoms with E-state index in [-0.39, 0.29) is 18.6 Å². The number of aliphatic hydroxyl groups excluding tert-OH is 1. The standard InChI is InChI=1S/C16H26N2O3/c1-5-18(6-2)16(20)9-12(3)17-14-7-8-15(21-4)13(10-14)11-19/h7-8,10,12,17,19H,5-6,9,11H2,1-4H3. The van der Waals surface area contributed by atoms with Crippen molar-refractivity contribution in [2.45, 2.75) is 39.8 Å². The van der Waals surface area contributed by atoms with Crippen LogP contribution in [0.15, 0.2) is 18.2 Å². The Morgan fingerprint density at radius 2 is 2.05 bits per heavy atom. The molecule has 2 N–H and O–H groups in total. The largest absolute Gasteiger partial charge is 0.496 e. The minimum absolute atomic E-state index is 0.0260. The van der Waals surface area contributed by atoms with E-state index < -0.39 is 0 Å². The third kappa shape index (κ3) is 4.93. The van der Waals surface area contributed by atoms with E-state index in [9.17, 15) is 9.90 Å². The molecule has 1 aromatic carbocycles. The van der Waals surface area contributed by atoms with Crippen molar-refractivity contribution in [3.63, 3.8) is 0 Å². The monoisotopic (exact) mass is 294 g/mol. The lowest BCUT2D eigenvalue weighted by molar-refractivity contribution is -0.130. The van der Waals surface area contributed by atoms with Crippen molar-refractivity contribution < 1.29 is 14.6 Å². The molecule has 5 nitrogen and oxygen atoms in total. The van der Waals surface area contributed by atoms with Crippen LogP contribution >= 0.6 is 0 Å². The highest BCUT2D eigenvalue weighted by Crippen LogP contribution is 2.23. The van der Waals surface area contributed by atoms with Crippen LogP contribution in [0.25, 0.3) is 0 Å². The van der Waals surface area contributed by atoms with Gasteiger partial charge in [-0.05, 0) is 39.0 Å². The fourth-order valence-electron chi connectivity index (χ4n) is 2.29. The first-order valence-corrected chi connectivity index (χ1v) is 7.37. The summed E-state index contributed by atoms with van der Waals surface area (Å²) >= 11 is 0. The second-order valence-corrected chi connectivity index (χ2v) is 5.00. The van der Waals surface area contributed by atoms with E-state index in [1.54, 1.807) is 7.11 Å². The topological polar surface area (TPSA) is 61.8 Å². The van der Waals surface area contributed by atoms with Crippen molar-refractivity contribution in [1.82, 2.24) is 4.90 Å². The summed E-state index contributed by atoms with van der Waals surface area (Å²) in [5.74, 6) is 0.811. The van der Waals surface area contributed by atoms with Crippen LogP contribution in [0.2, 0.25) is 0 Å². The highest BCUT2D eigenvalue weighted by molar-refractivity contribution is 5.77. The number of nitrogens with zero attached hydrogens (tertiary/aromatic N) is 1. The van der Waals surface area contributed by atoms with E-state index in [1.807, 2.05) is 43.9 Å². The normalized spacial score (nSPS) is 11.9. The van der Waals surface area contributed by atoms with Crippen LogP contribution in [-0.2, 0) is 11.4 Å². The zero-order valence-corrected chi connectivity index (χ0v) is 13.3. The van der Waals surface area contributed by atoms with Gasteiger partial charge in [-0.1, -0.05) is 0 Å². The number of benzene rings is 1. The van der Waals surface area contributed by atoms with Gasteiger partial charge >= 0.3 is 0 Å². The van der Waals surface area contributed by atoms with Crippen molar-refractivity contribution in [3.8, 4) is 5.75 Å². The quantitative estimate of drug-likeness (QED) is 0.772. The van der Waals surface area contributed by atoms with Crippen LogP contribution < -0.4 is 10.1 Å². The first-order chi connectivity index (χ1) is 10.0. The van der Waals surface area contributed by atoms with Crippen molar-refractivity contribution >= 4 is 11.6 Å². The Morgan fingerprint density at radius 1 is 1.38 bits per heavy atom. The van der Waals surface area contributed by atoms with Gasteiger partial charge in [0.15, 0.2) is 0 Å². The highest BCUT2D eigenvalue weighted by atomic mass is 16.5. The smallest absolute Gasteiger partial charge is 0.224 e. The Bertz CT molecular complexity index is 459. The molecule has 1 amide bonds. The molecule has 0 bridgehead atoms. The van der Waals surface area contributed by atoms with Crippen LogP contribution in [0.3, 0.4) is 0 Å². The lowest BCUT2D eigenvalue weighted by Crippen LogP contribution is -2.34. The molecule has 1 atom stereocenters. The summed E-state index contributed by atoms with van der Waals surface area (Å²) in [6.07, 6.45) is 0.447. The van der Waals surface area contributed by atoms with E-state index in [1.165, 1.54) is 0 Å². The third-order valence-corrected chi connectivity index (χ3v) is 3.46. The maximum absolute atomic E-state index is 12.1. The van der Waals surface area contributed by atoms with Gasteiger partial charge in [-0.25, -0.2) is 0 Å². The fraction of sp³-hybridized carbons (Fsp3) is 0.562. The molecule has 0 saturated heterocycles. The molecule has 1 unspecified atom stereocenters. The maximum Gasteiger partial charge on any atom is 0.224 e. The summed E-state index contributed by atoms with van der Waals surface area (Å²) in [4.78, 5) is 13.9. The summed E-state index contributed by atoms with van der Waals surface area (Å²) in [5, 5.41) is 12.6. The summed E-state index contributed by atoms with van der Waals surface area (Å²) in [7, 11) is 1.58. The number of hydrogen-bond acceptors (Lipinski definition) is 4. The van der Waals surface area contributed by atoms with Crippen molar-refractivity contribution in [2.24, 2.45) is 0 Å². The summed E-state index contributed by atoms with van der Waals surface area (Å²) in [6.45, 7) is 7.33. The number of carbonyl (C=O) groups excluding carboxylic acids is 1. The van der Waals surface area contributed by atoms with Gasteiger partial charge in [-0.3, -0.25) is 4.79 Å². The van der Waals surface area contributed by atoms with E-state index in [0.29, 0.717) is 12.2 Å². The SMILES string of the molecule is CCN(CC)C(=O)CC(C)Nc1ccc(OC)c(CO)c1. The van der Waals surface area contributed by atoms with Gasteiger partial charge < -0.3 is 20.1 Å². The Labute approximate surface area is 126 Å². The number of anilines is 1. The van der Waals surface area contributed by atoms with Crippen LogP contribution in [0.4, 0.5) is 5.69 Å². The molecule has 118 valence electrons. The first kappa shape index (κ1) is 17.3. The lowest BCUT2D eigenvalue weighted by Gasteiger charge is -2.22. The highest BCUT2D eigenvalue weighted by Gasteiger charge is 2.14. The van der Waals surface area contributed by atoms with E-state index in [4.69, 9.17) is 4.74 Å². The number of hydrogen-bond donors (Lipinski definition) is 2. The molecule has 0 aliphatic rings. The Kier molecular flexibility index (Phi) is 7.02. The molecule has 0 spiro atoms. The predicted molar refractivity (Wildman–Crippen MR) is 84.5 cm³/mol. The fourth-order valence-corrected chi connectivity index (χ4v) is 2.29. The molecular formula is C16H26N2O3. The Hall–Kier alpha value is -1.75. The summed E-state index contributed by atoms with van der Waals surface area (Å²) in [5.41, 5.74) is 1.60. The molecule has 0 aliphatic carbocycles. The molecule has 5 heteroatoms. The third-order valence-electron chi connectivity index (χ3n) is 3.46. The van der Waals surface area contributed by atoms with Gasteiger partial charge in [-0.15, -0.1) is 0 Å². The number of methoxy groups -OCH3 is 1. The minimum atomic E-state index is -0.0779. The van der Waals surface area contributed by atoms with Gasteiger partial charge in [0.25, 0.3) is 0 Å². The van der Waals surface area contributed by atoms with Gasteiger partial charge in [0, 0.05) is 36.8 Å². The summed E-state index contributed by atoms with van der Waals surface area (Å²) < 4.78 is 5.17. The zero-order valence-electron chi connectivity index (χ0n) is 13.3.